The number of ether oxygens (including phenoxy) is 5. The van der Waals surface area contributed by atoms with Crippen molar-refractivity contribution in [2.75, 3.05) is 26.6 Å². The Balaban J connectivity index is 1.32. The van der Waals surface area contributed by atoms with E-state index in [1.807, 2.05) is 36.4 Å². The van der Waals surface area contributed by atoms with Crippen LogP contribution in [0.1, 0.15) is 67.6 Å². The summed E-state index contributed by atoms with van der Waals surface area (Å²) in [4.78, 5) is 33.8. The van der Waals surface area contributed by atoms with Crippen LogP contribution in [0.5, 0.6) is 28.7 Å². The fraction of sp³-hybridized carbons (Fsp3) is 0.388. The number of aromatic hydroxyl groups is 1. The predicted octanol–water partition coefficient (Wildman–Crippen LogP) is 8.56. The van der Waals surface area contributed by atoms with Crippen molar-refractivity contribution in [2.24, 2.45) is 22.9 Å². The highest BCUT2D eigenvalue weighted by Gasteiger charge is 2.65. The number of rotatable bonds is 19. The smallest absolute Gasteiger partial charge is 0.416 e. The maximum atomic E-state index is 15.1. The fourth-order valence-corrected chi connectivity index (χ4v) is 9.75. The molecular weight excluding hydrogens is 823 g/mol. The first kappa shape index (κ1) is 44.2. The van der Waals surface area contributed by atoms with E-state index in [4.69, 9.17) is 33.7 Å². The minimum atomic E-state index is -1.62. The summed E-state index contributed by atoms with van der Waals surface area (Å²) in [7, 11) is 0. The van der Waals surface area contributed by atoms with Gasteiger partial charge in [0, 0.05) is 49.8 Å². The minimum Gasteiger partial charge on any atom is -0.508 e. The number of benzene rings is 4. The van der Waals surface area contributed by atoms with E-state index in [9.17, 15) is 25.4 Å². The average molecular weight is 876 g/mol. The summed E-state index contributed by atoms with van der Waals surface area (Å²) in [6.45, 7) is 4.32. The second-order valence-electron chi connectivity index (χ2n) is 16.5. The van der Waals surface area contributed by atoms with Crippen LogP contribution in [0.4, 0.5) is 10.5 Å². The van der Waals surface area contributed by atoms with E-state index in [1.54, 1.807) is 41.3 Å². The quantitative estimate of drug-likeness (QED) is 0.0353. The number of phenolic OH excluding ortho intramolecular Hbond substituents is 1. The first-order valence-corrected chi connectivity index (χ1v) is 21.8. The second kappa shape index (κ2) is 20.0. The van der Waals surface area contributed by atoms with Crippen LogP contribution in [0, 0.1) is 27.9 Å². The Morgan fingerprint density at radius 2 is 1.67 bits per heavy atom. The highest BCUT2D eigenvalue weighted by Crippen LogP contribution is 2.62. The lowest BCUT2D eigenvalue weighted by Gasteiger charge is -2.59. The van der Waals surface area contributed by atoms with Crippen LogP contribution in [0.2, 0.25) is 0 Å². The van der Waals surface area contributed by atoms with Gasteiger partial charge in [0.15, 0.2) is 11.5 Å². The van der Waals surface area contributed by atoms with E-state index >= 15 is 4.79 Å². The Morgan fingerprint density at radius 3 is 2.42 bits per heavy atom. The average Bonchev–Trinajstić information content (AvgIpc) is 3.78. The molecule has 2 aliphatic heterocycles. The molecule has 0 aromatic heterocycles. The first-order chi connectivity index (χ1) is 31.2. The number of allylic oxidation sites excluding steroid dienone is 1. The van der Waals surface area contributed by atoms with Crippen molar-refractivity contribution in [1.29, 1.82) is 0 Å². The van der Waals surface area contributed by atoms with Crippen LogP contribution in [0.3, 0.4) is 0 Å². The molecule has 6 atom stereocenters. The number of hydrogen-bond donors (Lipinski definition) is 3. The number of carbonyl (C=O) groups is 1. The molecule has 3 N–H and O–H groups in total. The third kappa shape index (κ3) is 9.28. The number of carbonyl (C=O) groups excluding carboxylic acids is 1. The molecule has 1 amide bonds. The second-order valence-corrected chi connectivity index (χ2v) is 16.5. The van der Waals surface area contributed by atoms with Gasteiger partial charge in [-0.15, -0.1) is 6.58 Å². The number of amides is 1. The number of hydrogen-bond acceptors (Lipinski definition) is 13. The highest BCUT2D eigenvalue weighted by molar-refractivity contribution is 6.03. The van der Waals surface area contributed by atoms with Crippen molar-refractivity contribution >= 4 is 17.5 Å². The van der Waals surface area contributed by atoms with E-state index < -0.39 is 28.8 Å². The number of non-ortho nitro benzene ring substituents is 1. The Hall–Kier alpha value is -6.42. The summed E-state index contributed by atoms with van der Waals surface area (Å²) in [5.41, 5.74) is 3.59. The monoisotopic (exact) mass is 875 g/mol. The number of phenols is 1. The van der Waals surface area contributed by atoms with Gasteiger partial charge in [0.25, 0.3) is 5.69 Å². The molecule has 4 aromatic rings. The molecule has 2 heterocycles. The number of aliphatic hydroxyl groups excluding tert-OH is 2. The molecule has 15 heteroatoms. The molecule has 4 aliphatic rings. The number of nitro benzene ring substituents is 1. The molecule has 6 unspecified atom stereocenters. The lowest BCUT2D eigenvalue weighted by molar-refractivity contribution is -0.384. The standard InChI is InChI=1S/C49H53N3O12/c1-2-24-61-49-45(51(29-33-14-20-43-44(25-33)60-31-59-43)48(56)63-37-18-15-35(16-19-37)52(57)58)28-41(50-62-30-32-10-4-3-5-11-32)39-26-34(12-6-8-22-53)38(13-7-9-23-54)46(47(39)49)40-27-36(55)17-21-42(40)64-49/h2-5,10-11,14-21,25-27,34,38,45-47,53-55H,1,6-9,12-13,22-24,28-31H2. The van der Waals surface area contributed by atoms with Gasteiger partial charge < -0.3 is 43.8 Å². The molecule has 64 heavy (non-hydrogen) atoms. The normalized spacial score (nSPS) is 23.2. The molecule has 0 saturated heterocycles. The lowest BCUT2D eigenvalue weighted by atomic mass is 9.55. The van der Waals surface area contributed by atoms with Gasteiger partial charge in [-0.1, -0.05) is 66.5 Å². The third-order valence-electron chi connectivity index (χ3n) is 12.6. The van der Waals surface area contributed by atoms with Gasteiger partial charge >= 0.3 is 6.09 Å². The molecule has 15 nitrogen and oxygen atoms in total. The maximum Gasteiger partial charge on any atom is 0.416 e. The van der Waals surface area contributed by atoms with Gasteiger partial charge in [-0.3, -0.25) is 15.0 Å². The summed E-state index contributed by atoms with van der Waals surface area (Å²) < 4.78 is 31.7. The summed E-state index contributed by atoms with van der Waals surface area (Å²) in [6.07, 6.45) is 7.33. The Labute approximate surface area is 371 Å². The predicted molar refractivity (Wildman–Crippen MR) is 235 cm³/mol. The molecule has 4 aromatic carbocycles. The zero-order valence-electron chi connectivity index (χ0n) is 35.5. The van der Waals surface area contributed by atoms with E-state index in [0.717, 1.165) is 36.0 Å². The molecule has 8 rings (SSSR count). The number of oxime groups is 1. The molecule has 0 spiro atoms. The SMILES string of the molecule is C=CCOC12Oc3ccc(O)cc3C3C(CCCCO)C(CCCCO)C=C(C(=NOCc4ccccc4)CC1N(Cc1ccc4c(c1)OCO4)C(=O)Oc1ccc([N+](=O)[O-])cc1)C32. The first-order valence-electron chi connectivity index (χ1n) is 21.8. The summed E-state index contributed by atoms with van der Waals surface area (Å²) in [5, 5.41) is 47.3. The number of aliphatic hydroxyl groups is 2. The third-order valence-corrected chi connectivity index (χ3v) is 12.6. The van der Waals surface area contributed by atoms with Crippen LogP contribution < -0.4 is 18.9 Å². The number of fused-ring (bicyclic) bond motifs is 3. The van der Waals surface area contributed by atoms with Gasteiger partial charge in [-0.2, -0.15) is 0 Å². The van der Waals surface area contributed by atoms with Crippen molar-refractivity contribution in [3.8, 4) is 28.7 Å². The molecule has 1 saturated carbocycles. The van der Waals surface area contributed by atoms with Crippen molar-refractivity contribution in [2.45, 2.75) is 75.8 Å². The van der Waals surface area contributed by atoms with Crippen LogP contribution in [0.15, 0.2) is 120 Å². The summed E-state index contributed by atoms with van der Waals surface area (Å²) in [6, 6.07) is 24.4. The van der Waals surface area contributed by atoms with E-state index in [1.165, 1.54) is 24.3 Å². The maximum absolute atomic E-state index is 15.1. The number of nitro groups is 1. The zero-order chi connectivity index (χ0) is 44.6. The molecule has 1 fully saturated rings. The highest BCUT2D eigenvalue weighted by atomic mass is 16.7. The van der Waals surface area contributed by atoms with Gasteiger partial charge in [-0.25, -0.2) is 4.79 Å². The van der Waals surface area contributed by atoms with E-state index in [0.29, 0.717) is 47.8 Å². The number of unbranched alkanes of at least 4 members (excludes halogenated alkanes) is 2. The summed E-state index contributed by atoms with van der Waals surface area (Å²) >= 11 is 0. The van der Waals surface area contributed by atoms with Gasteiger partial charge in [0.2, 0.25) is 12.6 Å². The zero-order valence-corrected chi connectivity index (χ0v) is 35.5. The van der Waals surface area contributed by atoms with Crippen LogP contribution in [-0.4, -0.2) is 75.4 Å². The van der Waals surface area contributed by atoms with E-state index in [-0.39, 0.29) is 81.1 Å². The largest absolute Gasteiger partial charge is 0.508 e. The topological polar surface area (TPSA) is 192 Å². The van der Waals surface area contributed by atoms with Gasteiger partial charge in [0.1, 0.15) is 29.9 Å². The lowest BCUT2D eigenvalue weighted by Crippen LogP contribution is -2.70. The Bertz CT molecular complexity index is 2350. The number of nitrogens with zero attached hydrogens (tertiary/aromatic N) is 3. The van der Waals surface area contributed by atoms with Crippen molar-refractivity contribution in [3.05, 3.63) is 142 Å². The summed E-state index contributed by atoms with van der Waals surface area (Å²) in [5.74, 6) is -1.00. The van der Waals surface area contributed by atoms with Crippen LogP contribution in [0.25, 0.3) is 0 Å². The van der Waals surface area contributed by atoms with Crippen molar-refractivity contribution in [3.63, 3.8) is 0 Å². The molecule has 336 valence electrons. The van der Waals surface area contributed by atoms with Crippen LogP contribution >= 0.6 is 0 Å². The molecule has 0 bridgehead atoms. The van der Waals surface area contributed by atoms with Gasteiger partial charge in [-0.05, 0) is 96.7 Å². The fourth-order valence-electron chi connectivity index (χ4n) is 9.75. The van der Waals surface area contributed by atoms with E-state index in [2.05, 4.69) is 12.7 Å². The van der Waals surface area contributed by atoms with Crippen molar-refractivity contribution < 1.29 is 53.6 Å². The van der Waals surface area contributed by atoms with Crippen molar-refractivity contribution in [1.82, 2.24) is 4.90 Å². The minimum absolute atomic E-state index is 0.0143. The molecular formula is C49H53N3O12. The molecule has 0 radical (unpaired) electrons. The van der Waals surface area contributed by atoms with Crippen LogP contribution in [-0.2, 0) is 22.7 Å². The Morgan fingerprint density at radius 1 is 0.922 bits per heavy atom. The van der Waals surface area contributed by atoms with Gasteiger partial charge in [0.05, 0.1) is 23.2 Å². The molecule has 2 aliphatic carbocycles. The Kier molecular flexibility index (Phi) is 13.8.